The third-order valence-corrected chi connectivity index (χ3v) is 5.99. The smallest absolute Gasteiger partial charge is 0.257 e. The lowest BCUT2D eigenvalue weighted by Crippen LogP contribution is -2.31. The SMILES string of the molecule is COc1ccccc1C1CC(=O)Nc2nc(SCc3ccccc3C)[nH]c(=O)c21. The fraction of sp³-hybridized carbons (Fsp3) is 0.227. The molecule has 0 spiro atoms. The van der Waals surface area contributed by atoms with E-state index in [-0.39, 0.29) is 17.9 Å². The molecule has 148 valence electrons. The number of nitrogens with zero attached hydrogens (tertiary/aromatic N) is 1. The zero-order valence-corrected chi connectivity index (χ0v) is 17.0. The molecule has 1 aromatic heterocycles. The van der Waals surface area contributed by atoms with Crippen LogP contribution in [0, 0.1) is 6.92 Å². The van der Waals surface area contributed by atoms with Crippen molar-refractivity contribution in [3.63, 3.8) is 0 Å². The fourth-order valence-corrected chi connectivity index (χ4v) is 4.49. The predicted molar refractivity (Wildman–Crippen MR) is 114 cm³/mol. The number of rotatable bonds is 5. The van der Waals surface area contributed by atoms with Crippen LogP contribution in [0.4, 0.5) is 5.82 Å². The molecule has 29 heavy (non-hydrogen) atoms. The van der Waals surface area contributed by atoms with Gasteiger partial charge in [-0.2, -0.15) is 0 Å². The van der Waals surface area contributed by atoms with Crippen molar-refractivity contribution in [1.82, 2.24) is 9.97 Å². The quantitative estimate of drug-likeness (QED) is 0.496. The summed E-state index contributed by atoms with van der Waals surface area (Å²) in [4.78, 5) is 32.7. The first-order valence-electron chi connectivity index (χ1n) is 9.31. The van der Waals surface area contributed by atoms with Crippen molar-refractivity contribution in [3.8, 4) is 5.75 Å². The van der Waals surface area contributed by atoms with Crippen LogP contribution in [0.2, 0.25) is 0 Å². The molecular formula is C22H21N3O3S. The van der Waals surface area contributed by atoms with Gasteiger partial charge in [-0.25, -0.2) is 4.98 Å². The van der Waals surface area contributed by atoms with E-state index in [2.05, 4.69) is 34.3 Å². The number of ether oxygens (including phenoxy) is 1. The normalized spacial score (nSPS) is 15.5. The first-order valence-corrected chi connectivity index (χ1v) is 10.3. The average molecular weight is 407 g/mol. The van der Waals surface area contributed by atoms with Crippen molar-refractivity contribution >= 4 is 23.5 Å². The number of amides is 1. The fourth-order valence-electron chi connectivity index (χ4n) is 3.56. The summed E-state index contributed by atoms with van der Waals surface area (Å²) >= 11 is 1.44. The van der Waals surface area contributed by atoms with Gasteiger partial charge in [0.15, 0.2) is 5.16 Å². The van der Waals surface area contributed by atoms with Gasteiger partial charge in [-0.3, -0.25) is 9.59 Å². The first kappa shape index (κ1) is 19.3. The number of H-pyrrole nitrogens is 1. The molecule has 4 rings (SSSR count). The maximum Gasteiger partial charge on any atom is 0.257 e. The summed E-state index contributed by atoms with van der Waals surface area (Å²) in [5.74, 6) is 1.09. The van der Waals surface area contributed by atoms with Crippen molar-refractivity contribution < 1.29 is 9.53 Å². The number of thioether (sulfide) groups is 1. The zero-order valence-electron chi connectivity index (χ0n) is 16.2. The Labute approximate surface area is 172 Å². The summed E-state index contributed by atoms with van der Waals surface area (Å²) in [7, 11) is 1.58. The maximum atomic E-state index is 13.0. The molecule has 0 aliphatic carbocycles. The number of methoxy groups -OCH3 is 1. The number of carbonyl (C=O) groups excluding carboxylic acids is 1. The highest BCUT2D eigenvalue weighted by Crippen LogP contribution is 2.38. The van der Waals surface area contributed by atoms with Gasteiger partial charge in [-0.15, -0.1) is 0 Å². The summed E-state index contributed by atoms with van der Waals surface area (Å²) in [5.41, 5.74) is 3.39. The molecular weight excluding hydrogens is 386 g/mol. The van der Waals surface area contributed by atoms with Crippen LogP contribution in [0.15, 0.2) is 58.5 Å². The molecule has 2 N–H and O–H groups in total. The Balaban J connectivity index is 1.69. The van der Waals surface area contributed by atoms with Gasteiger partial charge in [0.1, 0.15) is 11.6 Å². The van der Waals surface area contributed by atoms with Crippen LogP contribution in [-0.4, -0.2) is 23.0 Å². The molecule has 3 aromatic rings. The van der Waals surface area contributed by atoms with Gasteiger partial charge < -0.3 is 15.0 Å². The highest BCUT2D eigenvalue weighted by Gasteiger charge is 2.32. The Hall–Kier alpha value is -3.06. The Morgan fingerprint density at radius 2 is 1.90 bits per heavy atom. The van der Waals surface area contributed by atoms with Crippen LogP contribution in [0.3, 0.4) is 0 Å². The van der Waals surface area contributed by atoms with Crippen LogP contribution < -0.4 is 15.6 Å². The number of aromatic amines is 1. The summed E-state index contributed by atoms with van der Waals surface area (Å²) in [5, 5.41) is 3.25. The van der Waals surface area contributed by atoms with Crippen molar-refractivity contribution in [1.29, 1.82) is 0 Å². The molecule has 0 fully saturated rings. The highest BCUT2D eigenvalue weighted by atomic mass is 32.2. The number of fused-ring (bicyclic) bond motifs is 1. The highest BCUT2D eigenvalue weighted by molar-refractivity contribution is 7.98. The van der Waals surface area contributed by atoms with E-state index in [1.165, 1.54) is 22.9 Å². The van der Waals surface area contributed by atoms with Gasteiger partial charge in [0.05, 0.1) is 12.7 Å². The zero-order chi connectivity index (χ0) is 20.4. The molecule has 6 nitrogen and oxygen atoms in total. The minimum atomic E-state index is -0.401. The number of anilines is 1. The summed E-state index contributed by atoms with van der Waals surface area (Å²) in [6.07, 6.45) is 0.174. The average Bonchev–Trinajstić information content (AvgIpc) is 2.72. The van der Waals surface area contributed by atoms with Crippen LogP contribution in [0.25, 0.3) is 0 Å². The third kappa shape index (κ3) is 3.91. The number of hydrogen-bond acceptors (Lipinski definition) is 5. The minimum Gasteiger partial charge on any atom is -0.496 e. The van der Waals surface area contributed by atoms with Crippen LogP contribution >= 0.6 is 11.8 Å². The van der Waals surface area contributed by atoms with E-state index in [1.807, 2.05) is 36.4 Å². The predicted octanol–water partition coefficient (Wildman–Crippen LogP) is 3.85. The van der Waals surface area contributed by atoms with Crippen LogP contribution in [-0.2, 0) is 10.5 Å². The molecule has 0 saturated heterocycles. The molecule has 0 saturated carbocycles. The molecule has 1 atom stereocenters. The maximum absolute atomic E-state index is 13.0. The van der Waals surface area contributed by atoms with E-state index in [0.717, 1.165) is 5.56 Å². The van der Waals surface area contributed by atoms with Gasteiger partial charge in [-0.1, -0.05) is 54.2 Å². The lowest BCUT2D eigenvalue weighted by atomic mass is 9.86. The topological polar surface area (TPSA) is 84.1 Å². The Morgan fingerprint density at radius 1 is 1.14 bits per heavy atom. The minimum absolute atomic E-state index is 0.165. The number of benzene rings is 2. The van der Waals surface area contributed by atoms with Gasteiger partial charge in [0.2, 0.25) is 5.91 Å². The van der Waals surface area contributed by atoms with E-state index in [4.69, 9.17) is 4.74 Å². The van der Waals surface area contributed by atoms with Crippen molar-refractivity contribution in [3.05, 3.63) is 81.1 Å². The molecule has 1 amide bonds. The number of para-hydroxylation sites is 1. The molecule has 0 radical (unpaired) electrons. The monoisotopic (exact) mass is 407 g/mol. The van der Waals surface area contributed by atoms with E-state index >= 15 is 0 Å². The Kier molecular flexibility index (Phi) is 5.40. The van der Waals surface area contributed by atoms with Gasteiger partial charge >= 0.3 is 0 Å². The number of hydrogen-bond donors (Lipinski definition) is 2. The molecule has 0 bridgehead atoms. The second-order valence-electron chi connectivity index (χ2n) is 6.90. The van der Waals surface area contributed by atoms with Crippen molar-refractivity contribution in [2.45, 2.75) is 30.2 Å². The molecule has 2 heterocycles. The second-order valence-corrected chi connectivity index (χ2v) is 7.86. The standard InChI is InChI=1S/C22H21N3O3S/c1-13-7-3-4-8-14(13)12-29-22-24-20-19(21(27)25-22)16(11-18(26)23-20)15-9-5-6-10-17(15)28-2/h3-10,16H,11-12H2,1-2H3,(H2,23,24,25,26,27). The second kappa shape index (κ2) is 8.13. The molecule has 1 aliphatic rings. The number of nitrogens with one attached hydrogen (secondary N) is 2. The molecule has 1 unspecified atom stereocenters. The largest absolute Gasteiger partial charge is 0.496 e. The lowest BCUT2D eigenvalue weighted by Gasteiger charge is -2.25. The summed E-state index contributed by atoms with van der Waals surface area (Å²) < 4.78 is 5.44. The molecule has 7 heteroatoms. The summed E-state index contributed by atoms with van der Waals surface area (Å²) in [6.45, 7) is 2.05. The number of aromatic nitrogens is 2. The Morgan fingerprint density at radius 3 is 2.69 bits per heavy atom. The lowest BCUT2D eigenvalue weighted by molar-refractivity contribution is -0.116. The van der Waals surface area contributed by atoms with Gasteiger partial charge in [0, 0.05) is 23.7 Å². The van der Waals surface area contributed by atoms with Gasteiger partial charge in [-0.05, 0) is 24.1 Å². The molecule has 1 aliphatic heterocycles. The third-order valence-electron chi connectivity index (χ3n) is 5.07. The van der Waals surface area contributed by atoms with E-state index < -0.39 is 5.92 Å². The van der Waals surface area contributed by atoms with Gasteiger partial charge in [0.25, 0.3) is 5.56 Å². The number of aryl methyl sites for hydroxylation is 1. The van der Waals surface area contributed by atoms with Crippen LogP contribution in [0.1, 0.15) is 34.6 Å². The number of carbonyl (C=O) groups is 1. The van der Waals surface area contributed by atoms with Crippen molar-refractivity contribution in [2.75, 3.05) is 12.4 Å². The van der Waals surface area contributed by atoms with E-state index in [9.17, 15) is 9.59 Å². The van der Waals surface area contributed by atoms with Crippen molar-refractivity contribution in [2.24, 2.45) is 0 Å². The van der Waals surface area contributed by atoms with E-state index in [0.29, 0.717) is 28.0 Å². The molecule has 2 aromatic carbocycles. The van der Waals surface area contributed by atoms with E-state index in [1.54, 1.807) is 7.11 Å². The summed E-state index contributed by atoms with van der Waals surface area (Å²) in [6, 6.07) is 15.5. The van der Waals surface area contributed by atoms with Crippen LogP contribution in [0.5, 0.6) is 5.75 Å². The first-order chi connectivity index (χ1) is 14.1. The Bertz CT molecular complexity index is 1130.